The third-order valence-corrected chi connectivity index (χ3v) is 5.54. The van der Waals surface area contributed by atoms with Gasteiger partial charge >= 0.3 is 0 Å². The van der Waals surface area contributed by atoms with Gasteiger partial charge in [-0.15, -0.1) is 4.40 Å². The molecule has 0 saturated heterocycles. The van der Waals surface area contributed by atoms with E-state index in [0.29, 0.717) is 11.3 Å². The van der Waals surface area contributed by atoms with Gasteiger partial charge in [0.25, 0.3) is 15.7 Å². The van der Waals surface area contributed by atoms with E-state index in [2.05, 4.69) is 9.71 Å². The lowest BCUT2D eigenvalue weighted by Crippen LogP contribution is -2.19. The maximum atomic E-state index is 13.2. The molecule has 2 aromatic carbocycles. The zero-order valence-electron chi connectivity index (χ0n) is 12.0. The van der Waals surface area contributed by atoms with Crippen molar-refractivity contribution in [3.63, 3.8) is 0 Å². The molecule has 0 unspecified atom stereocenters. The number of anilines is 1. The Morgan fingerprint density at radius 2 is 2.04 bits per heavy atom. The number of sulfonamides is 1. The molecule has 0 aromatic heterocycles. The lowest BCUT2D eigenvalue weighted by molar-refractivity contribution is -0.384. The second-order valence-corrected chi connectivity index (χ2v) is 7.39. The van der Waals surface area contributed by atoms with Crippen LogP contribution in [0.2, 0.25) is 0 Å². The summed E-state index contributed by atoms with van der Waals surface area (Å²) in [7, 11) is -3.98. The number of hydrogen-bond donors (Lipinski definition) is 1. The van der Waals surface area contributed by atoms with Gasteiger partial charge in [-0.05, 0) is 23.8 Å². The molecule has 3 rings (SSSR count). The number of non-ortho nitro benzene ring substituents is 1. The summed E-state index contributed by atoms with van der Waals surface area (Å²) in [5.74, 6) is -0.374. The van der Waals surface area contributed by atoms with Gasteiger partial charge in [-0.3, -0.25) is 10.1 Å². The Kier molecular flexibility index (Phi) is 4.24. The summed E-state index contributed by atoms with van der Waals surface area (Å²) in [6.45, 7) is 0. The number of nitrogens with one attached hydrogen (secondary N) is 1. The maximum absolute atomic E-state index is 13.2. The quantitative estimate of drug-likeness (QED) is 0.660. The van der Waals surface area contributed by atoms with Crippen LogP contribution in [0.5, 0.6) is 0 Å². The highest BCUT2D eigenvalue weighted by atomic mass is 32.2. The Hall–Kier alpha value is -2.46. The van der Waals surface area contributed by atoms with Crippen LogP contribution in [-0.2, 0) is 15.8 Å². The summed E-state index contributed by atoms with van der Waals surface area (Å²) in [4.78, 5) is 10.0. The Morgan fingerprint density at radius 1 is 1.25 bits per heavy atom. The van der Waals surface area contributed by atoms with Crippen molar-refractivity contribution in [2.45, 2.75) is 10.6 Å². The van der Waals surface area contributed by atoms with Crippen molar-refractivity contribution in [3.8, 4) is 0 Å². The third kappa shape index (κ3) is 3.39. The van der Waals surface area contributed by atoms with Crippen molar-refractivity contribution in [1.82, 2.24) is 0 Å². The van der Waals surface area contributed by atoms with E-state index in [1.165, 1.54) is 18.2 Å². The van der Waals surface area contributed by atoms with Crippen LogP contribution in [0.4, 0.5) is 15.8 Å². The van der Waals surface area contributed by atoms with Crippen LogP contribution in [-0.4, -0.2) is 18.5 Å². The first-order chi connectivity index (χ1) is 11.3. The Balaban J connectivity index is 1.80. The van der Waals surface area contributed by atoms with Gasteiger partial charge in [-0.1, -0.05) is 23.9 Å². The molecule has 1 aliphatic rings. The van der Waals surface area contributed by atoms with Gasteiger partial charge in [0.2, 0.25) is 0 Å². The summed E-state index contributed by atoms with van der Waals surface area (Å²) >= 11 is 1.08. The Labute approximate surface area is 140 Å². The topological polar surface area (TPSA) is 102 Å². The molecule has 1 N–H and O–H groups in total. The molecule has 0 bridgehead atoms. The Morgan fingerprint density at radius 3 is 2.79 bits per heavy atom. The van der Waals surface area contributed by atoms with Gasteiger partial charge in [0.15, 0.2) is 5.17 Å². The fourth-order valence-electron chi connectivity index (χ4n) is 2.08. The van der Waals surface area contributed by atoms with Crippen LogP contribution < -0.4 is 5.32 Å². The smallest absolute Gasteiger partial charge is 0.286 e. The van der Waals surface area contributed by atoms with Gasteiger partial charge in [0.05, 0.1) is 10.6 Å². The number of nitrogens with zero attached hydrogens (tertiary/aromatic N) is 2. The molecule has 1 heterocycles. The molecule has 0 saturated carbocycles. The second kappa shape index (κ2) is 6.21. The fraction of sp³-hybridized carbons (Fsp3) is 0.0714. The average molecular weight is 367 g/mol. The van der Waals surface area contributed by atoms with Crippen molar-refractivity contribution in [2.24, 2.45) is 4.40 Å². The molecule has 7 nitrogen and oxygen atoms in total. The summed E-state index contributed by atoms with van der Waals surface area (Å²) in [5, 5.41) is 13.7. The minimum atomic E-state index is -3.98. The molecule has 0 atom stereocenters. The highest BCUT2D eigenvalue weighted by Gasteiger charge is 2.25. The number of fused-ring (bicyclic) bond motifs is 1. The SMILES string of the molecule is O=[N+]([O-])c1cccc(CSC2=NS(=O)(=O)c3cc(F)ccc3N2)c1. The molecule has 0 aliphatic carbocycles. The van der Waals surface area contributed by atoms with Crippen molar-refractivity contribution in [3.05, 3.63) is 64.0 Å². The second-order valence-electron chi connectivity index (χ2n) is 4.85. The zero-order chi connectivity index (χ0) is 17.3. The average Bonchev–Trinajstić information content (AvgIpc) is 2.53. The molecule has 2 aromatic rings. The molecule has 124 valence electrons. The van der Waals surface area contributed by atoms with E-state index in [1.54, 1.807) is 12.1 Å². The standard InChI is InChI=1S/C14H10FN3O4S2/c15-10-4-5-12-13(7-10)24(21,22)17-14(16-12)23-8-9-2-1-3-11(6-9)18(19)20/h1-7H,8H2,(H,16,17). The molecule has 24 heavy (non-hydrogen) atoms. The van der Waals surface area contributed by atoms with Crippen molar-refractivity contribution >= 4 is 38.3 Å². The first-order valence-electron chi connectivity index (χ1n) is 6.63. The highest BCUT2D eigenvalue weighted by Crippen LogP contribution is 2.31. The number of halogens is 1. The van der Waals surface area contributed by atoms with E-state index in [1.807, 2.05) is 0 Å². The van der Waals surface area contributed by atoms with Gasteiger partial charge in [0, 0.05) is 17.9 Å². The molecule has 0 amide bonds. The number of thioether (sulfide) groups is 1. The summed E-state index contributed by atoms with van der Waals surface area (Å²) in [5.41, 5.74) is 0.856. The monoisotopic (exact) mass is 367 g/mol. The lowest BCUT2D eigenvalue weighted by atomic mass is 10.2. The first-order valence-corrected chi connectivity index (χ1v) is 9.05. The van der Waals surface area contributed by atoms with Crippen LogP contribution in [0.1, 0.15) is 5.56 Å². The number of amidine groups is 1. The van der Waals surface area contributed by atoms with E-state index in [4.69, 9.17) is 0 Å². The predicted molar refractivity (Wildman–Crippen MR) is 89.0 cm³/mol. The molecule has 0 spiro atoms. The minimum absolute atomic E-state index is 0.0416. The molecule has 1 aliphatic heterocycles. The molecule has 0 fully saturated rings. The predicted octanol–water partition coefficient (Wildman–Crippen LogP) is 3.14. The molecule has 0 radical (unpaired) electrons. The summed E-state index contributed by atoms with van der Waals surface area (Å²) in [6.07, 6.45) is 0. The van der Waals surface area contributed by atoms with E-state index >= 15 is 0 Å². The maximum Gasteiger partial charge on any atom is 0.286 e. The van der Waals surface area contributed by atoms with Crippen LogP contribution >= 0.6 is 11.8 Å². The fourth-order valence-corrected chi connectivity index (χ4v) is 4.27. The zero-order valence-corrected chi connectivity index (χ0v) is 13.6. The van der Waals surface area contributed by atoms with Gasteiger partial charge in [-0.2, -0.15) is 8.42 Å². The minimum Gasteiger partial charge on any atom is -0.333 e. The van der Waals surface area contributed by atoms with Gasteiger partial charge in [-0.25, -0.2) is 4.39 Å². The normalized spacial score (nSPS) is 15.1. The number of hydrogen-bond acceptors (Lipinski definition) is 6. The highest BCUT2D eigenvalue weighted by molar-refractivity contribution is 8.14. The molecule has 10 heteroatoms. The van der Waals surface area contributed by atoms with Crippen LogP contribution in [0.3, 0.4) is 0 Å². The van der Waals surface area contributed by atoms with Crippen LogP contribution in [0, 0.1) is 15.9 Å². The van der Waals surface area contributed by atoms with Gasteiger partial charge < -0.3 is 5.32 Å². The van der Waals surface area contributed by atoms with E-state index in [9.17, 15) is 22.9 Å². The van der Waals surface area contributed by atoms with Crippen molar-refractivity contribution in [1.29, 1.82) is 0 Å². The Bertz CT molecular complexity index is 960. The van der Waals surface area contributed by atoms with Crippen molar-refractivity contribution < 1.29 is 17.7 Å². The van der Waals surface area contributed by atoms with Crippen molar-refractivity contribution in [2.75, 3.05) is 5.32 Å². The number of rotatable bonds is 3. The van der Waals surface area contributed by atoms with Gasteiger partial charge in [0.1, 0.15) is 10.7 Å². The first kappa shape index (κ1) is 16.4. The third-order valence-electron chi connectivity index (χ3n) is 3.16. The summed E-state index contributed by atoms with van der Waals surface area (Å²) in [6, 6.07) is 9.41. The van der Waals surface area contributed by atoms with E-state index < -0.39 is 20.8 Å². The van der Waals surface area contributed by atoms with E-state index in [0.717, 1.165) is 23.9 Å². The molecular formula is C14H10FN3O4S2. The van der Waals surface area contributed by atoms with E-state index in [-0.39, 0.29) is 21.4 Å². The molecular weight excluding hydrogens is 357 g/mol. The van der Waals surface area contributed by atoms with Crippen LogP contribution in [0.15, 0.2) is 51.8 Å². The lowest BCUT2D eigenvalue weighted by Gasteiger charge is -2.17. The number of nitro benzene ring substituents is 1. The number of nitro groups is 1. The number of benzene rings is 2. The summed E-state index contributed by atoms with van der Waals surface area (Å²) < 4.78 is 41.0. The largest absolute Gasteiger partial charge is 0.333 e. The van der Waals surface area contributed by atoms with Crippen LogP contribution in [0.25, 0.3) is 0 Å².